The maximum atomic E-state index is 10.4. The molecule has 0 fully saturated rings. The molecule has 0 saturated heterocycles. The molecule has 0 atom stereocenters. The summed E-state index contributed by atoms with van der Waals surface area (Å²) < 4.78 is 5.56. The van der Waals surface area contributed by atoms with Gasteiger partial charge in [-0.15, -0.1) is 11.3 Å². The summed E-state index contributed by atoms with van der Waals surface area (Å²) in [6, 6.07) is 7.24. The number of carboxylic acid groups (broad SMARTS) is 1. The zero-order valence-corrected chi connectivity index (χ0v) is 10.3. The van der Waals surface area contributed by atoms with Crippen LogP contribution < -0.4 is 4.74 Å². The number of aromatic nitrogens is 1. The molecule has 18 heavy (non-hydrogen) atoms. The van der Waals surface area contributed by atoms with Crippen molar-refractivity contribution in [1.82, 2.24) is 4.98 Å². The second-order valence-electron chi connectivity index (χ2n) is 3.51. The van der Waals surface area contributed by atoms with Gasteiger partial charge in [0.15, 0.2) is 0 Å². The maximum Gasteiger partial charge on any atom is 0.328 e. The molecule has 1 heterocycles. The molecule has 92 valence electrons. The third kappa shape index (κ3) is 3.71. The minimum Gasteiger partial charge on any atom is -0.487 e. The first kappa shape index (κ1) is 12.3. The van der Waals surface area contributed by atoms with Gasteiger partial charge in [-0.2, -0.15) is 0 Å². The molecule has 0 aliphatic rings. The summed E-state index contributed by atoms with van der Waals surface area (Å²) in [4.78, 5) is 14.5. The number of nitrogens with zero attached hydrogens (tertiary/aromatic N) is 1. The van der Waals surface area contributed by atoms with E-state index < -0.39 is 5.97 Å². The summed E-state index contributed by atoms with van der Waals surface area (Å²) in [5.74, 6) is -0.278. The number of thiazole rings is 1. The number of hydrogen-bond acceptors (Lipinski definition) is 4. The Kier molecular flexibility index (Phi) is 4.09. The Hall–Kier alpha value is -2.14. The number of aliphatic carboxylic acids is 1. The molecule has 0 saturated carbocycles. The van der Waals surface area contributed by atoms with Gasteiger partial charge in [-0.3, -0.25) is 0 Å². The lowest BCUT2D eigenvalue weighted by Crippen LogP contribution is -1.95. The highest BCUT2D eigenvalue weighted by atomic mass is 32.1. The van der Waals surface area contributed by atoms with Gasteiger partial charge < -0.3 is 9.84 Å². The van der Waals surface area contributed by atoms with E-state index in [9.17, 15) is 4.79 Å². The lowest BCUT2D eigenvalue weighted by Gasteiger charge is -2.04. The quantitative estimate of drug-likeness (QED) is 0.841. The van der Waals surface area contributed by atoms with Crippen molar-refractivity contribution in [3.8, 4) is 5.75 Å². The number of benzene rings is 1. The molecule has 0 amide bonds. The van der Waals surface area contributed by atoms with Gasteiger partial charge in [0.2, 0.25) is 0 Å². The first-order valence-electron chi connectivity index (χ1n) is 5.25. The van der Waals surface area contributed by atoms with Gasteiger partial charge in [0.1, 0.15) is 12.4 Å². The summed E-state index contributed by atoms with van der Waals surface area (Å²) in [6.45, 7) is 0.412. The largest absolute Gasteiger partial charge is 0.487 e. The smallest absolute Gasteiger partial charge is 0.328 e. The topological polar surface area (TPSA) is 59.4 Å². The molecule has 5 heteroatoms. The van der Waals surface area contributed by atoms with Crippen LogP contribution in [0.1, 0.15) is 11.3 Å². The number of hydrogen-bond donors (Lipinski definition) is 1. The average molecular weight is 261 g/mol. The Morgan fingerprint density at radius 1 is 1.50 bits per heavy atom. The Morgan fingerprint density at radius 2 is 2.39 bits per heavy atom. The second-order valence-corrected chi connectivity index (χ2v) is 4.23. The third-order valence-electron chi connectivity index (χ3n) is 2.15. The molecule has 2 aromatic rings. The Bertz CT molecular complexity index is 549. The van der Waals surface area contributed by atoms with Crippen LogP contribution in [0.4, 0.5) is 0 Å². The Labute approximate surface area is 108 Å². The molecule has 0 spiro atoms. The van der Waals surface area contributed by atoms with Gasteiger partial charge in [0.05, 0.1) is 11.2 Å². The number of ether oxygens (including phenoxy) is 1. The van der Waals surface area contributed by atoms with Crippen LogP contribution in [0.25, 0.3) is 6.08 Å². The van der Waals surface area contributed by atoms with Crippen LogP contribution in [0.5, 0.6) is 5.75 Å². The first-order valence-corrected chi connectivity index (χ1v) is 6.19. The van der Waals surface area contributed by atoms with Crippen molar-refractivity contribution in [2.75, 3.05) is 0 Å². The van der Waals surface area contributed by atoms with Crippen LogP contribution in [0, 0.1) is 0 Å². The average Bonchev–Trinajstić information content (AvgIpc) is 2.87. The van der Waals surface area contributed by atoms with Crippen molar-refractivity contribution < 1.29 is 14.6 Å². The van der Waals surface area contributed by atoms with E-state index in [0.717, 1.165) is 17.3 Å². The molecule has 4 nitrogen and oxygen atoms in total. The monoisotopic (exact) mass is 261 g/mol. The molecule has 0 unspecified atom stereocenters. The molecule has 1 aromatic heterocycles. The summed E-state index contributed by atoms with van der Waals surface area (Å²) >= 11 is 1.52. The Morgan fingerprint density at radius 3 is 3.11 bits per heavy atom. The van der Waals surface area contributed by atoms with Crippen molar-refractivity contribution >= 4 is 23.4 Å². The van der Waals surface area contributed by atoms with E-state index in [4.69, 9.17) is 9.84 Å². The molecule has 0 aliphatic heterocycles. The number of rotatable bonds is 5. The SMILES string of the molecule is O=C(O)/C=C/c1cccc(OCc2cscn2)c1. The van der Waals surface area contributed by atoms with Crippen LogP contribution in [0.2, 0.25) is 0 Å². The van der Waals surface area contributed by atoms with E-state index in [2.05, 4.69) is 4.98 Å². The molecule has 1 aromatic carbocycles. The molecule has 0 bridgehead atoms. The van der Waals surface area contributed by atoms with Gasteiger partial charge in [-0.1, -0.05) is 12.1 Å². The third-order valence-corrected chi connectivity index (χ3v) is 2.78. The van der Waals surface area contributed by atoms with Gasteiger partial charge >= 0.3 is 5.97 Å². The standard InChI is InChI=1S/C13H11NO3S/c15-13(16)5-4-10-2-1-3-12(6-10)17-7-11-8-18-9-14-11/h1-6,8-9H,7H2,(H,15,16)/b5-4+. The molecular weight excluding hydrogens is 250 g/mol. The van der Waals surface area contributed by atoms with Crippen LogP contribution >= 0.6 is 11.3 Å². The molecular formula is C13H11NO3S. The van der Waals surface area contributed by atoms with Crippen molar-refractivity contribution in [3.05, 3.63) is 52.5 Å². The lowest BCUT2D eigenvalue weighted by molar-refractivity contribution is -0.131. The highest BCUT2D eigenvalue weighted by molar-refractivity contribution is 7.07. The summed E-state index contributed by atoms with van der Waals surface area (Å²) in [5.41, 5.74) is 3.42. The van der Waals surface area contributed by atoms with Gasteiger partial charge in [-0.25, -0.2) is 9.78 Å². The highest BCUT2D eigenvalue weighted by Gasteiger charge is 1.98. The van der Waals surface area contributed by atoms with Crippen molar-refractivity contribution in [2.45, 2.75) is 6.61 Å². The number of carboxylic acids is 1. The van der Waals surface area contributed by atoms with Crippen LogP contribution in [0.3, 0.4) is 0 Å². The van der Waals surface area contributed by atoms with Crippen LogP contribution in [-0.4, -0.2) is 16.1 Å². The fraction of sp³-hybridized carbons (Fsp3) is 0.0769. The van der Waals surface area contributed by atoms with Crippen molar-refractivity contribution in [1.29, 1.82) is 0 Å². The summed E-state index contributed by atoms with van der Waals surface area (Å²) in [6.07, 6.45) is 2.62. The van der Waals surface area contributed by atoms with E-state index >= 15 is 0 Å². The van der Waals surface area contributed by atoms with E-state index in [-0.39, 0.29) is 0 Å². The van der Waals surface area contributed by atoms with Crippen molar-refractivity contribution in [2.24, 2.45) is 0 Å². The van der Waals surface area contributed by atoms with Gasteiger partial charge in [-0.05, 0) is 23.8 Å². The van der Waals surface area contributed by atoms with E-state index in [1.807, 2.05) is 23.6 Å². The minimum atomic E-state index is -0.969. The van der Waals surface area contributed by atoms with Crippen LogP contribution in [0.15, 0.2) is 41.2 Å². The van der Waals surface area contributed by atoms with Crippen molar-refractivity contribution in [3.63, 3.8) is 0 Å². The first-order chi connectivity index (χ1) is 8.74. The van der Waals surface area contributed by atoms with E-state index in [0.29, 0.717) is 12.4 Å². The summed E-state index contributed by atoms with van der Waals surface area (Å²) in [5, 5.41) is 10.5. The molecule has 2 rings (SSSR count). The molecule has 0 aliphatic carbocycles. The van der Waals surface area contributed by atoms with E-state index in [1.165, 1.54) is 17.4 Å². The normalized spacial score (nSPS) is 10.7. The predicted molar refractivity (Wildman–Crippen MR) is 69.6 cm³/mol. The second kappa shape index (κ2) is 5.97. The Balaban J connectivity index is 2.01. The maximum absolute atomic E-state index is 10.4. The lowest BCUT2D eigenvalue weighted by atomic mass is 10.2. The fourth-order valence-electron chi connectivity index (χ4n) is 1.34. The van der Waals surface area contributed by atoms with E-state index in [1.54, 1.807) is 11.6 Å². The number of carbonyl (C=O) groups is 1. The predicted octanol–water partition coefficient (Wildman–Crippen LogP) is 2.82. The van der Waals surface area contributed by atoms with Gasteiger partial charge in [0.25, 0.3) is 0 Å². The van der Waals surface area contributed by atoms with Gasteiger partial charge in [0, 0.05) is 11.5 Å². The molecule has 1 N–H and O–H groups in total. The highest BCUT2D eigenvalue weighted by Crippen LogP contribution is 2.16. The minimum absolute atomic E-state index is 0.412. The summed E-state index contributed by atoms with van der Waals surface area (Å²) in [7, 11) is 0. The fourth-order valence-corrected chi connectivity index (χ4v) is 1.88. The zero-order chi connectivity index (χ0) is 12.8. The zero-order valence-electron chi connectivity index (χ0n) is 9.45. The van der Waals surface area contributed by atoms with Crippen LogP contribution in [-0.2, 0) is 11.4 Å². The molecule has 0 radical (unpaired) electrons.